The van der Waals surface area contributed by atoms with Crippen molar-refractivity contribution in [3.05, 3.63) is 34.3 Å². The predicted octanol–water partition coefficient (Wildman–Crippen LogP) is 3.63. The summed E-state index contributed by atoms with van der Waals surface area (Å²) in [5.74, 6) is 0.102. The van der Waals surface area contributed by atoms with Gasteiger partial charge in [-0.05, 0) is 43.4 Å². The van der Waals surface area contributed by atoms with Crippen LogP contribution in [0.4, 0.5) is 0 Å². The third kappa shape index (κ3) is 2.91. The Morgan fingerprint density at radius 1 is 1.45 bits per heavy atom. The molecule has 0 aliphatic carbocycles. The van der Waals surface area contributed by atoms with Crippen molar-refractivity contribution in [3.8, 4) is 0 Å². The number of carbonyl (C=O) groups excluding carboxylic acids is 1. The molecule has 0 saturated carbocycles. The first kappa shape index (κ1) is 15.5. The van der Waals surface area contributed by atoms with Gasteiger partial charge in [0.25, 0.3) is 0 Å². The Bertz CT molecular complexity index is 485. The van der Waals surface area contributed by atoms with Gasteiger partial charge in [0, 0.05) is 11.0 Å². The minimum atomic E-state index is -0.714. The summed E-state index contributed by atoms with van der Waals surface area (Å²) in [6, 6.07) is 8.40. The Kier molecular flexibility index (Phi) is 4.86. The van der Waals surface area contributed by atoms with E-state index in [1.807, 2.05) is 30.9 Å². The fourth-order valence-corrected chi connectivity index (χ4v) is 3.33. The second-order valence-corrected chi connectivity index (χ2v) is 6.49. The van der Waals surface area contributed by atoms with Crippen molar-refractivity contribution in [1.82, 2.24) is 4.90 Å². The van der Waals surface area contributed by atoms with Crippen LogP contribution in [0.1, 0.15) is 51.1 Å². The van der Waals surface area contributed by atoms with Crippen molar-refractivity contribution in [2.75, 3.05) is 6.54 Å². The van der Waals surface area contributed by atoms with Crippen molar-refractivity contribution in [3.63, 3.8) is 0 Å². The maximum absolute atomic E-state index is 12.8. The van der Waals surface area contributed by atoms with Crippen LogP contribution in [0.2, 0.25) is 0 Å². The molecule has 20 heavy (non-hydrogen) atoms. The first-order valence-corrected chi connectivity index (χ1v) is 8.16. The maximum atomic E-state index is 12.8. The van der Waals surface area contributed by atoms with Crippen LogP contribution in [0.5, 0.6) is 0 Å². The summed E-state index contributed by atoms with van der Waals surface area (Å²) < 4.78 is 1.05. The van der Waals surface area contributed by atoms with Gasteiger partial charge < -0.3 is 10.6 Å². The summed E-state index contributed by atoms with van der Waals surface area (Å²) >= 11 is 3.50. The molecule has 1 saturated heterocycles. The highest BCUT2D eigenvalue weighted by atomic mass is 79.9. The van der Waals surface area contributed by atoms with Crippen molar-refractivity contribution in [2.24, 2.45) is 5.73 Å². The average molecular weight is 339 g/mol. The smallest absolute Gasteiger partial charge is 0.243 e. The lowest BCUT2D eigenvalue weighted by Crippen LogP contribution is -2.54. The molecule has 1 aromatic carbocycles. The van der Waals surface area contributed by atoms with E-state index in [4.69, 9.17) is 5.73 Å². The van der Waals surface area contributed by atoms with E-state index in [1.54, 1.807) is 0 Å². The second kappa shape index (κ2) is 6.27. The van der Waals surface area contributed by atoms with Gasteiger partial charge in [-0.25, -0.2) is 0 Å². The molecule has 2 rings (SSSR count). The number of likely N-dealkylation sites (tertiary alicyclic amines) is 1. The summed E-state index contributed by atoms with van der Waals surface area (Å²) in [4.78, 5) is 14.8. The van der Waals surface area contributed by atoms with Gasteiger partial charge in [0.1, 0.15) is 0 Å². The number of hydrogen-bond acceptors (Lipinski definition) is 2. The van der Waals surface area contributed by atoms with Gasteiger partial charge in [0.2, 0.25) is 5.91 Å². The summed E-state index contributed by atoms with van der Waals surface area (Å²) in [6.45, 7) is 4.80. The van der Waals surface area contributed by atoms with Crippen LogP contribution >= 0.6 is 15.9 Å². The van der Waals surface area contributed by atoms with E-state index in [0.29, 0.717) is 12.8 Å². The highest BCUT2D eigenvalue weighted by molar-refractivity contribution is 9.10. The third-order valence-electron chi connectivity index (χ3n) is 4.43. The predicted molar refractivity (Wildman–Crippen MR) is 85.3 cm³/mol. The molecule has 1 fully saturated rings. The number of halogens is 1. The van der Waals surface area contributed by atoms with E-state index in [0.717, 1.165) is 23.9 Å². The monoisotopic (exact) mass is 338 g/mol. The number of nitrogens with two attached hydrogens (primary N) is 1. The SMILES string of the molecule is CCC(N)(CC)C(=O)N1CCCC1c1cccc(Br)c1. The van der Waals surface area contributed by atoms with Gasteiger partial charge in [0.15, 0.2) is 0 Å². The molecule has 0 spiro atoms. The first-order valence-electron chi connectivity index (χ1n) is 7.37. The molecule has 2 N–H and O–H groups in total. The molecule has 110 valence electrons. The summed E-state index contributed by atoms with van der Waals surface area (Å²) in [6.07, 6.45) is 3.44. The van der Waals surface area contributed by atoms with E-state index in [1.165, 1.54) is 5.56 Å². The zero-order chi connectivity index (χ0) is 14.8. The number of carbonyl (C=O) groups is 1. The van der Waals surface area contributed by atoms with Crippen LogP contribution in [0.15, 0.2) is 28.7 Å². The number of amides is 1. The third-order valence-corrected chi connectivity index (χ3v) is 4.93. The number of benzene rings is 1. The first-order chi connectivity index (χ1) is 9.51. The van der Waals surface area contributed by atoms with Gasteiger partial charge in [-0.15, -0.1) is 0 Å². The molecule has 1 unspecified atom stereocenters. The summed E-state index contributed by atoms with van der Waals surface area (Å²) in [5.41, 5.74) is 6.77. The van der Waals surface area contributed by atoms with Gasteiger partial charge in [-0.3, -0.25) is 4.79 Å². The Hall–Kier alpha value is -0.870. The van der Waals surface area contributed by atoms with E-state index in [-0.39, 0.29) is 11.9 Å². The minimum Gasteiger partial charge on any atom is -0.334 e. The Morgan fingerprint density at radius 2 is 2.15 bits per heavy atom. The lowest BCUT2D eigenvalue weighted by Gasteiger charge is -2.34. The fourth-order valence-electron chi connectivity index (χ4n) is 2.91. The van der Waals surface area contributed by atoms with Gasteiger partial charge in [-0.2, -0.15) is 0 Å². The molecular formula is C16H23BrN2O. The van der Waals surface area contributed by atoms with Crippen molar-refractivity contribution in [2.45, 2.75) is 51.1 Å². The van der Waals surface area contributed by atoms with Crippen LogP contribution in [0.25, 0.3) is 0 Å². The lowest BCUT2D eigenvalue weighted by atomic mass is 9.91. The highest BCUT2D eigenvalue weighted by Gasteiger charge is 2.39. The van der Waals surface area contributed by atoms with Crippen molar-refractivity contribution in [1.29, 1.82) is 0 Å². The van der Waals surface area contributed by atoms with Gasteiger partial charge in [-0.1, -0.05) is 41.9 Å². The number of nitrogens with zero attached hydrogens (tertiary/aromatic N) is 1. The van der Waals surface area contributed by atoms with Crippen LogP contribution in [-0.4, -0.2) is 22.9 Å². The molecule has 1 amide bonds. The zero-order valence-corrected chi connectivity index (χ0v) is 13.8. The van der Waals surface area contributed by atoms with E-state index in [2.05, 4.69) is 28.1 Å². The highest BCUT2D eigenvalue weighted by Crippen LogP contribution is 2.35. The number of rotatable bonds is 4. The molecule has 1 aliphatic heterocycles. The molecule has 3 nitrogen and oxygen atoms in total. The summed E-state index contributed by atoms with van der Waals surface area (Å²) in [5, 5.41) is 0. The minimum absolute atomic E-state index is 0.102. The second-order valence-electron chi connectivity index (χ2n) is 5.57. The van der Waals surface area contributed by atoms with Crippen molar-refractivity contribution >= 4 is 21.8 Å². The van der Waals surface area contributed by atoms with E-state index < -0.39 is 5.54 Å². The molecule has 0 radical (unpaired) electrons. The van der Waals surface area contributed by atoms with Gasteiger partial charge >= 0.3 is 0 Å². The van der Waals surface area contributed by atoms with Crippen LogP contribution < -0.4 is 5.73 Å². The topological polar surface area (TPSA) is 46.3 Å². The van der Waals surface area contributed by atoms with Gasteiger partial charge in [0.05, 0.1) is 11.6 Å². The Balaban J connectivity index is 2.25. The van der Waals surface area contributed by atoms with Crippen LogP contribution in [-0.2, 0) is 4.79 Å². The average Bonchev–Trinajstić information content (AvgIpc) is 2.95. The van der Waals surface area contributed by atoms with Crippen molar-refractivity contribution < 1.29 is 4.79 Å². The molecule has 1 heterocycles. The fraction of sp³-hybridized carbons (Fsp3) is 0.562. The standard InChI is InChI=1S/C16H23BrN2O/c1-3-16(18,4-2)15(20)19-10-6-9-14(19)12-7-5-8-13(17)11-12/h5,7-8,11,14H,3-4,6,9-10,18H2,1-2H3. The molecule has 0 bridgehead atoms. The van der Waals surface area contributed by atoms with E-state index in [9.17, 15) is 4.79 Å². The summed E-state index contributed by atoms with van der Waals surface area (Å²) in [7, 11) is 0. The zero-order valence-electron chi connectivity index (χ0n) is 12.2. The quantitative estimate of drug-likeness (QED) is 0.911. The molecule has 4 heteroatoms. The molecule has 1 aromatic rings. The maximum Gasteiger partial charge on any atom is 0.243 e. The molecule has 1 aliphatic rings. The molecule has 0 aromatic heterocycles. The molecule has 1 atom stereocenters. The Morgan fingerprint density at radius 3 is 2.75 bits per heavy atom. The normalized spacial score (nSPS) is 19.4. The largest absolute Gasteiger partial charge is 0.334 e. The van der Waals surface area contributed by atoms with Crippen LogP contribution in [0.3, 0.4) is 0 Å². The molecular weight excluding hydrogens is 316 g/mol. The Labute approximate surface area is 129 Å². The van der Waals surface area contributed by atoms with Crippen LogP contribution in [0, 0.1) is 0 Å². The lowest BCUT2D eigenvalue weighted by molar-refractivity contribution is -0.138. The van der Waals surface area contributed by atoms with E-state index >= 15 is 0 Å². The number of hydrogen-bond donors (Lipinski definition) is 1.